The first-order chi connectivity index (χ1) is 7.43. The van der Waals surface area contributed by atoms with Gasteiger partial charge in [-0.1, -0.05) is 6.07 Å². The van der Waals surface area contributed by atoms with Crippen molar-refractivity contribution in [1.29, 1.82) is 0 Å². The molecule has 0 radical (unpaired) electrons. The van der Waals surface area contributed by atoms with E-state index in [4.69, 9.17) is 0 Å². The molecule has 2 aromatic rings. The van der Waals surface area contributed by atoms with Crippen LogP contribution in [0.1, 0.15) is 24.7 Å². The third-order valence-electron chi connectivity index (χ3n) is 2.77. The zero-order valence-electron chi connectivity index (χ0n) is 8.36. The summed E-state index contributed by atoms with van der Waals surface area (Å²) in [4.78, 5) is 9.09. The maximum atomic E-state index is 4.44. The third kappa shape index (κ3) is 1.70. The average Bonchev–Trinajstić information content (AvgIpc) is 3.02. The van der Waals surface area contributed by atoms with Crippen LogP contribution in [0.5, 0.6) is 0 Å². The van der Waals surface area contributed by atoms with Crippen LogP contribution in [0.2, 0.25) is 0 Å². The van der Waals surface area contributed by atoms with Crippen LogP contribution in [0.3, 0.4) is 0 Å². The molecule has 0 bridgehead atoms. The molecule has 3 heterocycles. The summed E-state index contributed by atoms with van der Waals surface area (Å²) in [6, 6.07) is 4.61. The minimum atomic E-state index is 0.429. The monoisotopic (exact) mass is 219 g/mol. The van der Waals surface area contributed by atoms with E-state index in [1.165, 1.54) is 17.7 Å². The molecule has 0 aliphatic carbocycles. The molecule has 1 aliphatic heterocycles. The molecule has 0 amide bonds. The zero-order valence-corrected chi connectivity index (χ0v) is 9.18. The van der Waals surface area contributed by atoms with E-state index in [9.17, 15) is 0 Å². The molecule has 1 fully saturated rings. The lowest BCUT2D eigenvalue weighted by molar-refractivity contribution is 0.613. The number of nitrogens with one attached hydrogen (secondary N) is 2. The van der Waals surface area contributed by atoms with Crippen LogP contribution in [0.15, 0.2) is 23.7 Å². The Morgan fingerprint density at radius 1 is 1.47 bits per heavy atom. The van der Waals surface area contributed by atoms with Crippen LogP contribution in [0.4, 0.5) is 0 Å². The number of hydrogen-bond donors (Lipinski definition) is 2. The Kier molecular flexibility index (Phi) is 2.31. The summed E-state index contributed by atoms with van der Waals surface area (Å²) in [5, 5.41) is 5.53. The Hall–Kier alpha value is -1.13. The van der Waals surface area contributed by atoms with E-state index >= 15 is 0 Å². The minimum absolute atomic E-state index is 0.429. The van der Waals surface area contributed by atoms with E-state index in [1.54, 1.807) is 11.3 Å². The second-order valence-electron chi connectivity index (χ2n) is 3.81. The van der Waals surface area contributed by atoms with Gasteiger partial charge in [0.25, 0.3) is 0 Å². The van der Waals surface area contributed by atoms with Crippen molar-refractivity contribution in [3.63, 3.8) is 0 Å². The maximum Gasteiger partial charge on any atom is 0.123 e. The van der Waals surface area contributed by atoms with Crippen molar-refractivity contribution >= 4 is 11.3 Å². The maximum absolute atomic E-state index is 4.44. The van der Waals surface area contributed by atoms with Gasteiger partial charge in [-0.25, -0.2) is 4.98 Å². The number of imidazole rings is 1. The summed E-state index contributed by atoms with van der Waals surface area (Å²) in [6.45, 7) is 1.11. The van der Waals surface area contributed by atoms with Gasteiger partial charge in [-0.2, -0.15) is 0 Å². The van der Waals surface area contributed by atoms with Crippen molar-refractivity contribution in [3.8, 4) is 10.6 Å². The molecule has 0 saturated carbocycles. The summed E-state index contributed by atoms with van der Waals surface area (Å²) < 4.78 is 0. The van der Waals surface area contributed by atoms with E-state index in [-0.39, 0.29) is 0 Å². The van der Waals surface area contributed by atoms with Crippen molar-refractivity contribution < 1.29 is 0 Å². The molecule has 0 aromatic carbocycles. The fourth-order valence-corrected chi connectivity index (χ4v) is 2.68. The standard InChI is InChI=1S/C11H13N3S/c1-3-8(12-5-1)11-13-7-9(14-11)10-4-2-6-15-10/h2,4,6-8,12H,1,3,5H2,(H,13,14)/t8-/m1/s1. The van der Waals surface area contributed by atoms with Crippen molar-refractivity contribution in [2.75, 3.05) is 6.54 Å². The van der Waals surface area contributed by atoms with E-state index in [0.717, 1.165) is 18.1 Å². The van der Waals surface area contributed by atoms with Gasteiger partial charge in [-0.3, -0.25) is 0 Å². The van der Waals surface area contributed by atoms with E-state index in [2.05, 4.69) is 32.8 Å². The molecule has 0 unspecified atom stereocenters. The number of aromatic nitrogens is 2. The van der Waals surface area contributed by atoms with Gasteiger partial charge in [-0.15, -0.1) is 11.3 Å². The van der Waals surface area contributed by atoms with Gasteiger partial charge < -0.3 is 10.3 Å². The summed E-state index contributed by atoms with van der Waals surface area (Å²) in [5.41, 5.74) is 1.13. The van der Waals surface area contributed by atoms with Crippen molar-refractivity contribution in [2.24, 2.45) is 0 Å². The first kappa shape index (κ1) is 9.12. The summed E-state index contributed by atoms with van der Waals surface area (Å²) in [7, 11) is 0. The molecule has 0 spiro atoms. The molecular formula is C11H13N3S. The van der Waals surface area contributed by atoms with Gasteiger partial charge in [0.2, 0.25) is 0 Å². The SMILES string of the molecule is c1csc(-c2cnc([C@H]3CCCN3)[nH]2)c1. The third-order valence-corrected chi connectivity index (χ3v) is 3.68. The molecule has 15 heavy (non-hydrogen) atoms. The molecule has 3 rings (SSSR count). The first-order valence-electron chi connectivity index (χ1n) is 5.25. The first-order valence-corrected chi connectivity index (χ1v) is 6.13. The van der Waals surface area contributed by atoms with Crippen molar-refractivity contribution in [3.05, 3.63) is 29.5 Å². The summed E-state index contributed by atoms with van der Waals surface area (Å²) >= 11 is 1.74. The number of thiophene rings is 1. The average molecular weight is 219 g/mol. The molecule has 78 valence electrons. The van der Waals surface area contributed by atoms with Gasteiger partial charge in [0, 0.05) is 0 Å². The van der Waals surface area contributed by atoms with Gasteiger partial charge >= 0.3 is 0 Å². The zero-order chi connectivity index (χ0) is 10.1. The fraction of sp³-hybridized carbons (Fsp3) is 0.364. The highest BCUT2D eigenvalue weighted by molar-refractivity contribution is 7.13. The summed E-state index contributed by atoms with van der Waals surface area (Å²) in [5.74, 6) is 1.08. The van der Waals surface area contributed by atoms with E-state index < -0.39 is 0 Å². The van der Waals surface area contributed by atoms with Crippen LogP contribution in [-0.4, -0.2) is 16.5 Å². The molecule has 1 aliphatic rings. The lowest BCUT2D eigenvalue weighted by Gasteiger charge is -2.04. The molecule has 4 heteroatoms. The lowest BCUT2D eigenvalue weighted by Crippen LogP contribution is -2.14. The van der Waals surface area contributed by atoms with Crippen LogP contribution < -0.4 is 5.32 Å². The van der Waals surface area contributed by atoms with Crippen LogP contribution in [0, 0.1) is 0 Å². The Balaban J connectivity index is 1.87. The molecule has 1 atom stereocenters. The highest BCUT2D eigenvalue weighted by Crippen LogP contribution is 2.26. The van der Waals surface area contributed by atoms with Gasteiger partial charge in [0.1, 0.15) is 5.82 Å². The number of hydrogen-bond acceptors (Lipinski definition) is 3. The van der Waals surface area contributed by atoms with Gasteiger partial charge in [-0.05, 0) is 30.8 Å². The quantitative estimate of drug-likeness (QED) is 0.815. The highest BCUT2D eigenvalue weighted by atomic mass is 32.1. The number of nitrogens with zero attached hydrogens (tertiary/aromatic N) is 1. The predicted molar refractivity (Wildman–Crippen MR) is 61.9 cm³/mol. The summed E-state index contributed by atoms with van der Waals surface area (Å²) in [6.07, 6.45) is 4.37. The minimum Gasteiger partial charge on any atom is -0.340 e. The fourth-order valence-electron chi connectivity index (χ4n) is 1.99. The molecule has 1 saturated heterocycles. The molecule has 3 nitrogen and oxygen atoms in total. The Labute approximate surface area is 92.6 Å². The molecule has 2 aromatic heterocycles. The smallest absolute Gasteiger partial charge is 0.123 e. The number of rotatable bonds is 2. The second kappa shape index (κ2) is 3.79. The van der Waals surface area contributed by atoms with Crippen molar-refractivity contribution in [2.45, 2.75) is 18.9 Å². The molecular weight excluding hydrogens is 206 g/mol. The Morgan fingerprint density at radius 2 is 2.47 bits per heavy atom. The second-order valence-corrected chi connectivity index (χ2v) is 4.76. The van der Waals surface area contributed by atoms with Crippen LogP contribution in [0.25, 0.3) is 10.6 Å². The Bertz CT molecular complexity index is 426. The van der Waals surface area contributed by atoms with Crippen molar-refractivity contribution in [1.82, 2.24) is 15.3 Å². The van der Waals surface area contributed by atoms with Gasteiger partial charge in [0.15, 0.2) is 0 Å². The Morgan fingerprint density at radius 3 is 3.20 bits per heavy atom. The normalized spacial score (nSPS) is 20.9. The highest BCUT2D eigenvalue weighted by Gasteiger charge is 2.19. The van der Waals surface area contributed by atoms with E-state index in [0.29, 0.717) is 6.04 Å². The predicted octanol–water partition coefficient (Wildman–Crippen LogP) is 2.56. The largest absolute Gasteiger partial charge is 0.340 e. The lowest BCUT2D eigenvalue weighted by atomic mass is 10.2. The van der Waals surface area contributed by atoms with E-state index in [1.807, 2.05) is 6.20 Å². The van der Waals surface area contributed by atoms with Crippen LogP contribution in [-0.2, 0) is 0 Å². The van der Waals surface area contributed by atoms with Crippen LogP contribution >= 0.6 is 11.3 Å². The topological polar surface area (TPSA) is 40.7 Å². The number of H-pyrrole nitrogens is 1. The number of aromatic amines is 1. The van der Waals surface area contributed by atoms with Gasteiger partial charge in [0.05, 0.1) is 22.8 Å². The molecule has 2 N–H and O–H groups in total.